The van der Waals surface area contributed by atoms with E-state index in [1.165, 1.54) is 0 Å². The van der Waals surface area contributed by atoms with Gasteiger partial charge in [-0.25, -0.2) is 4.79 Å². The van der Waals surface area contributed by atoms with Crippen molar-refractivity contribution in [3.05, 3.63) is 0 Å². The Kier molecular flexibility index (Phi) is 4.55. The SMILES string of the molecule is CC(C)(C)CNC(=O)N1CCC(NC(=O)C2CC2)CC1. The molecule has 0 aromatic heterocycles. The molecule has 20 heavy (non-hydrogen) atoms. The molecule has 1 saturated heterocycles. The zero-order valence-corrected chi connectivity index (χ0v) is 12.9. The van der Waals surface area contributed by atoms with Gasteiger partial charge in [-0.15, -0.1) is 0 Å². The number of rotatable bonds is 3. The molecule has 0 aromatic carbocycles. The molecule has 114 valence electrons. The number of hydrogen-bond acceptors (Lipinski definition) is 2. The number of piperidine rings is 1. The Balaban J connectivity index is 1.67. The van der Waals surface area contributed by atoms with Crippen molar-refractivity contribution in [3.8, 4) is 0 Å². The molecule has 5 heteroatoms. The highest BCUT2D eigenvalue weighted by atomic mass is 16.2. The number of nitrogens with zero attached hydrogens (tertiary/aromatic N) is 1. The van der Waals surface area contributed by atoms with Crippen LogP contribution in [-0.2, 0) is 4.79 Å². The predicted octanol–water partition coefficient (Wildman–Crippen LogP) is 1.73. The third-order valence-electron chi connectivity index (χ3n) is 3.85. The molecule has 0 atom stereocenters. The number of nitrogens with one attached hydrogen (secondary N) is 2. The second-order valence-electron chi connectivity index (χ2n) is 7.26. The fraction of sp³-hybridized carbons (Fsp3) is 0.867. The summed E-state index contributed by atoms with van der Waals surface area (Å²) >= 11 is 0. The first-order valence-corrected chi connectivity index (χ1v) is 7.68. The van der Waals surface area contributed by atoms with Gasteiger partial charge in [-0.1, -0.05) is 20.8 Å². The first kappa shape index (κ1) is 15.1. The molecule has 1 heterocycles. The van der Waals surface area contributed by atoms with E-state index in [1.54, 1.807) is 0 Å². The monoisotopic (exact) mass is 281 g/mol. The summed E-state index contributed by atoms with van der Waals surface area (Å²) in [6.07, 6.45) is 3.81. The highest BCUT2D eigenvalue weighted by molar-refractivity contribution is 5.81. The van der Waals surface area contributed by atoms with Crippen LogP contribution in [0.3, 0.4) is 0 Å². The van der Waals surface area contributed by atoms with Crippen LogP contribution >= 0.6 is 0 Å². The molecule has 1 aliphatic carbocycles. The van der Waals surface area contributed by atoms with Crippen molar-refractivity contribution in [1.29, 1.82) is 0 Å². The Morgan fingerprint density at radius 1 is 1.10 bits per heavy atom. The first-order valence-electron chi connectivity index (χ1n) is 7.68. The van der Waals surface area contributed by atoms with Crippen LogP contribution < -0.4 is 10.6 Å². The van der Waals surface area contributed by atoms with E-state index >= 15 is 0 Å². The summed E-state index contributed by atoms with van der Waals surface area (Å²) in [5.41, 5.74) is 0.103. The molecule has 0 spiro atoms. The van der Waals surface area contributed by atoms with Crippen LogP contribution in [0.5, 0.6) is 0 Å². The molecule has 1 saturated carbocycles. The van der Waals surface area contributed by atoms with Gasteiger partial charge >= 0.3 is 6.03 Å². The van der Waals surface area contributed by atoms with Gasteiger partial charge in [0.05, 0.1) is 0 Å². The van der Waals surface area contributed by atoms with Gasteiger partial charge in [0, 0.05) is 31.6 Å². The normalized spacial score (nSPS) is 20.6. The minimum absolute atomic E-state index is 0.0203. The molecule has 0 bridgehead atoms. The van der Waals surface area contributed by atoms with Crippen LogP contribution in [0, 0.1) is 11.3 Å². The summed E-state index contributed by atoms with van der Waals surface area (Å²) in [5.74, 6) is 0.476. The third kappa shape index (κ3) is 4.69. The van der Waals surface area contributed by atoms with Crippen LogP contribution in [0.25, 0.3) is 0 Å². The van der Waals surface area contributed by atoms with Crippen LogP contribution in [0.4, 0.5) is 4.79 Å². The van der Waals surface area contributed by atoms with Crippen molar-refractivity contribution in [2.75, 3.05) is 19.6 Å². The minimum Gasteiger partial charge on any atom is -0.353 e. The van der Waals surface area contributed by atoms with Gasteiger partial charge in [0.2, 0.25) is 5.91 Å². The molecule has 5 nitrogen and oxygen atoms in total. The molecular formula is C15H27N3O2. The quantitative estimate of drug-likeness (QED) is 0.827. The van der Waals surface area contributed by atoms with Crippen LogP contribution in [0.1, 0.15) is 46.5 Å². The number of carbonyl (C=O) groups excluding carboxylic acids is 2. The lowest BCUT2D eigenvalue weighted by Crippen LogP contribution is -2.50. The van der Waals surface area contributed by atoms with E-state index in [0.717, 1.165) is 38.8 Å². The molecule has 0 aromatic rings. The summed E-state index contributed by atoms with van der Waals surface area (Å²) in [6.45, 7) is 8.45. The van der Waals surface area contributed by atoms with Crippen LogP contribution in [0.2, 0.25) is 0 Å². The lowest BCUT2D eigenvalue weighted by atomic mass is 9.97. The third-order valence-corrected chi connectivity index (χ3v) is 3.85. The fourth-order valence-electron chi connectivity index (χ4n) is 2.34. The van der Waals surface area contributed by atoms with E-state index in [-0.39, 0.29) is 29.3 Å². The van der Waals surface area contributed by atoms with Crippen LogP contribution in [0.15, 0.2) is 0 Å². The second kappa shape index (κ2) is 6.02. The average molecular weight is 281 g/mol. The summed E-state index contributed by atoms with van der Waals surface area (Å²) in [7, 11) is 0. The smallest absolute Gasteiger partial charge is 0.317 e. The standard InChI is InChI=1S/C15H27N3O2/c1-15(2,3)10-16-14(20)18-8-6-12(7-9-18)17-13(19)11-4-5-11/h11-12H,4-10H2,1-3H3,(H,16,20)(H,17,19). The molecule has 0 radical (unpaired) electrons. The van der Waals surface area contributed by atoms with Crippen molar-refractivity contribution >= 4 is 11.9 Å². The van der Waals surface area contributed by atoms with Crippen LogP contribution in [-0.4, -0.2) is 42.5 Å². The Hall–Kier alpha value is -1.26. The highest BCUT2D eigenvalue weighted by Gasteiger charge is 2.32. The molecule has 2 fully saturated rings. The maximum absolute atomic E-state index is 12.0. The number of likely N-dealkylation sites (tertiary alicyclic amines) is 1. The first-order chi connectivity index (χ1) is 9.35. The van der Waals surface area contributed by atoms with Gasteiger partial charge in [0.1, 0.15) is 0 Å². The van der Waals surface area contributed by atoms with Crippen molar-refractivity contribution < 1.29 is 9.59 Å². The molecule has 2 N–H and O–H groups in total. The lowest BCUT2D eigenvalue weighted by molar-refractivity contribution is -0.123. The Morgan fingerprint density at radius 2 is 1.70 bits per heavy atom. The van der Waals surface area contributed by atoms with E-state index < -0.39 is 0 Å². The topological polar surface area (TPSA) is 61.4 Å². The number of amides is 3. The number of carbonyl (C=O) groups is 2. The fourth-order valence-corrected chi connectivity index (χ4v) is 2.34. The van der Waals surface area contributed by atoms with Crippen molar-refractivity contribution in [2.45, 2.75) is 52.5 Å². The Labute approximate surface area is 121 Å². The van der Waals surface area contributed by atoms with E-state index in [4.69, 9.17) is 0 Å². The zero-order valence-electron chi connectivity index (χ0n) is 12.9. The van der Waals surface area contributed by atoms with Crippen molar-refractivity contribution in [3.63, 3.8) is 0 Å². The molecule has 2 aliphatic rings. The zero-order chi connectivity index (χ0) is 14.8. The minimum atomic E-state index is 0.0203. The van der Waals surface area contributed by atoms with E-state index in [1.807, 2.05) is 4.90 Å². The molecule has 0 unspecified atom stereocenters. The van der Waals surface area contributed by atoms with Gasteiger partial charge in [0.25, 0.3) is 0 Å². The van der Waals surface area contributed by atoms with Gasteiger partial charge in [-0.3, -0.25) is 4.79 Å². The molecule has 3 amide bonds. The van der Waals surface area contributed by atoms with Gasteiger partial charge in [-0.2, -0.15) is 0 Å². The maximum Gasteiger partial charge on any atom is 0.317 e. The van der Waals surface area contributed by atoms with Gasteiger partial charge in [0.15, 0.2) is 0 Å². The number of urea groups is 1. The average Bonchev–Trinajstić information content (AvgIpc) is 3.20. The predicted molar refractivity (Wildman–Crippen MR) is 78.3 cm³/mol. The summed E-state index contributed by atoms with van der Waals surface area (Å²) < 4.78 is 0. The number of hydrogen-bond donors (Lipinski definition) is 2. The van der Waals surface area contributed by atoms with Crippen molar-refractivity contribution in [2.24, 2.45) is 11.3 Å². The van der Waals surface area contributed by atoms with Gasteiger partial charge in [-0.05, 0) is 31.1 Å². The lowest BCUT2D eigenvalue weighted by Gasteiger charge is -2.33. The summed E-state index contributed by atoms with van der Waals surface area (Å²) in [5, 5.41) is 6.08. The maximum atomic E-state index is 12.0. The van der Waals surface area contributed by atoms with E-state index in [9.17, 15) is 9.59 Å². The molecule has 1 aliphatic heterocycles. The van der Waals surface area contributed by atoms with E-state index in [0.29, 0.717) is 6.54 Å². The largest absolute Gasteiger partial charge is 0.353 e. The van der Waals surface area contributed by atoms with Crippen molar-refractivity contribution in [1.82, 2.24) is 15.5 Å². The molecular weight excluding hydrogens is 254 g/mol. The Bertz CT molecular complexity index is 364. The van der Waals surface area contributed by atoms with Gasteiger partial charge < -0.3 is 15.5 Å². The highest BCUT2D eigenvalue weighted by Crippen LogP contribution is 2.29. The summed E-state index contributed by atoms with van der Waals surface area (Å²) in [4.78, 5) is 25.6. The summed E-state index contributed by atoms with van der Waals surface area (Å²) in [6, 6.07) is 0.265. The molecule has 2 rings (SSSR count). The van der Waals surface area contributed by atoms with E-state index in [2.05, 4.69) is 31.4 Å². The second-order valence-corrected chi connectivity index (χ2v) is 7.26. The Morgan fingerprint density at radius 3 is 2.20 bits per heavy atom.